The van der Waals surface area contributed by atoms with E-state index in [2.05, 4.69) is 5.32 Å². The van der Waals surface area contributed by atoms with Crippen LogP contribution in [0.1, 0.15) is 12.0 Å². The molecular weight excluding hydrogens is 383 g/mol. The van der Waals surface area contributed by atoms with Gasteiger partial charge >= 0.3 is 35.5 Å². The molecule has 2 amide bonds. The number of ether oxygens (including phenoxy) is 1. The molecule has 4 rings (SSSR count). The average Bonchev–Trinajstić information content (AvgIpc) is 2.96. The zero-order valence-electron chi connectivity index (χ0n) is 14.5. The van der Waals surface area contributed by atoms with E-state index in [1.165, 1.54) is 11.8 Å². The Hall–Kier alpha value is -1.55. The maximum atomic E-state index is 12.6. The van der Waals surface area contributed by atoms with E-state index < -0.39 is 40.9 Å². The van der Waals surface area contributed by atoms with E-state index in [1.54, 1.807) is 12.1 Å². The van der Waals surface area contributed by atoms with E-state index in [1.807, 2.05) is 18.2 Å². The minimum Gasteiger partial charge on any atom is -0.544 e. The first-order chi connectivity index (χ1) is 12.4. The second kappa shape index (κ2) is 7.46. The van der Waals surface area contributed by atoms with Crippen LogP contribution < -0.4 is 40.0 Å². The van der Waals surface area contributed by atoms with Crippen molar-refractivity contribution in [3.63, 3.8) is 0 Å². The van der Waals surface area contributed by atoms with E-state index in [0.29, 0.717) is 5.75 Å². The summed E-state index contributed by atoms with van der Waals surface area (Å²) in [5, 5.41) is 13.7. The molecule has 3 aliphatic heterocycles. The molecular formula is C17H15N2NaO6S. The van der Waals surface area contributed by atoms with E-state index >= 15 is 0 Å². The predicted octanol–water partition coefficient (Wildman–Crippen LogP) is -4.56. The summed E-state index contributed by atoms with van der Waals surface area (Å²) in [6.45, 7) is 0. The molecule has 3 fully saturated rings. The Bertz CT molecular complexity index is 806. The Balaban J connectivity index is 0.00000210. The minimum absolute atomic E-state index is 0. The third-order valence-electron chi connectivity index (χ3n) is 4.92. The molecule has 3 saturated heterocycles. The van der Waals surface area contributed by atoms with Crippen molar-refractivity contribution in [2.24, 2.45) is 0 Å². The van der Waals surface area contributed by atoms with Crippen LogP contribution in [0.2, 0.25) is 0 Å². The smallest absolute Gasteiger partial charge is 0.544 e. The number of carboxylic acid groups (broad SMARTS) is 1. The number of amides is 2. The van der Waals surface area contributed by atoms with Gasteiger partial charge in [0.05, 0.1) is 24.1 Å². The summed E-state index contributed by atoms with van der Waals surface area (Å²) < 4.78 is 5.04. The van der Waals surface area contributed by atoms with Gasteiger partial charge in [0.2, 0.25) is 11.6 Å². The monoisotopic (exact) mass is 398 g/mol. The van der Waals surface area contributed by atoms with Gasteiger partial charge in [-0.15, -0.1) is 11.8 Å². The number of esters is 1. The third-order valence-corrected chi connectivity index (χ3v) is 6.34. The van der Waals surface area contributed by atoms with Crippen LogP contribution in [-0.2, 0) is 30.3 Å². The normalized spacial score (nSPS) is 31.0. The largest absolute Gasteiger partial charge is 1.00 e. The summed E-state index contributed by atoms with van der Waals surface area (Å²) in [7, 11) is 0. The Morgan fingerprint density at radius 1 is 1.30 bits per heavy atom. The van der Waals surface area contributed by atoms with Gasteiger partial charge in [0, 0.05) is 5.75 Å². The van der Waals surface area contributed by atoms with Crippen LogP contribution in [0.3, 0.4) is 0 Å². The van der Waals surface area contributed by atoms with Crippen molar-refractivity contribution in [2.75, 3.05) is 5.75 Å². The molecule has 1 N–H and O–H groups in total. The van der Waals surface area contributed by atoms with Gasteiger partial charge in [-0.3, -0.25) is 19.3 Å². The van der Waals surface area contributed by atoms with Crippen molar-refractivity contribution in [3.05, 3.63) is 35.9 Å². The molecule has 1 aromatic rings. The first-order valence-corrected chi connectivity index (χ1v) is 9.19. The number of nitrogens with one attached hydrogen (secondary N) is 1. The number of aliphatic carboxylic acids is 1. The molecule has 0 unspecified atom stereocenters. The molecule has 0 bridgehead atoms. The quantitative estimate of drug-likeness (QED) is 0.308. The molecule has 27 heavy (non-hydrogen) atoms. The van der Waals surface area contributed by atoms with E-state index in [9.17, 15) is 24.3 Å². The Morgan fingerprint density at radius 2 is 2.00 bits per heavy atom. The summed E-state index contributed by atoms with van der Waals surface area (Å²) in [6, 6.07) is 7.70. The zero-order chi connectivity index (χ0) is 18.5. The minimum atomic E-state index is -2.07. The first-order valence-electron chi connectivity index (χ1n) is 8.15. The van der Waals surface area contributed by atoms with Gasteiger partial charge in [0.15, 0.2) is 0 Å². The summed E-state index contributed by atoms with van der Waals surface area (Å²) >= 11 is 1.25. The fourth-order valence-electron chi connectivity index (χ4n) is 3.72. The molecule has 4 atom stereocenters. The van der Waals surface area contributed by atoms with Crippen molar-refractivity contribution < 1.29 is 58.6 Å². The van der Waals surface area contributed by atoms with Gasteiger partial charge in [0.25, 0.3) is 5.91 Å². The van der Waals surface area contributed by atoms with Crippen LogP contribution in [0, 0.1) is 0 Å². The number of carbonyl (C=O) groups excluding carboxylic acids is 4. The average molecular weight is 398 g/mol. The number of nitrogens with zero attached hydrogens (tertiary/aromatic N) is 1. The van der Waals surface area contributed by atoms with Crippen molar-refractivity contribution in [3.8, 4) is 0 Å². The Kier molecular flexibility index (Phi) is 5.58. The second-order valence-corrected chi connectivity index (χ2v) is 7.70. The molecule has 8 nitrogen and oxygen atoms in total. The van der Waals surface area contributed by atoms with E-state index in [4.69, 9.17) is 4.74 Å². The van der Waals surface area contributed by atoms with Crippen molar-refractivity contribution in [1.82, 2.24) is 10.2 Å². The summed E-state index contributed by atoms with van der Waals surface area (Å²) in [6.07, 6.45) is 0.0356. The molecule has 1 aromatic carbocycles. The first kappa shape index (κ1) is 20.2. The number of fused-ring (bicyclic) bond motifs is 3. The molecule has 0 saturated carbocycles. The molecule has 0 aliphatic carbocycles. The second-order valence-electron chi connectivity index (χ2n) is 6.47. The Morgan fingerprint density at radius 3 is 2.67 bits per heavy atom. The van der Waals surface area contributed by atoms with E-state index in [-0.39, 0.29) is 48.3 Å². The van der Waals surface area contributed by atoms with Crippen LogP contribution in [0.25, 0.3) is 0 Å². The maximum Gasteiger partial charge on any atom is 1.00 e. The molecule has 3 aliphatic rings. The number of carbonyl (C=O) groups is 4. The van der Waals surface area contributed by atoms with Gasteiger partial charge in [-0.05, 0) is 5.56 Å². The number of hydrogen-bond donors (Lipinski definition) is 1. The third kappa shape index (κ3) is 3.16. The molecule has 0 spiro atoms. The fraction of sp³-hybridized carbons (Fsp3) is 0.412. The summed E-state index contributed by atoms with van der Waals surface area (Å²) in [5.74, 6) is -2.75. The standard InChI is InChI=1S/C17H16N2O6S.Na/c20-12(6-9-4-2-1-3-5-9)18-14-10-8-26-11-7-13(21)25-17(11,16(23)24)19(10)15(14)22;/h1-5,10-11,14H,6-8H2,(H,18,20)(H,23,24);/q;+1/p-1/t10-,11-,14+,17+;/m1./s1. The van der Waals surface area contributed by atoms with Gasteiger partial charge in [0.1, 0.15) is 12.0 Å². The topological polar surface area (TPSA) is 116 Å². The fourth-order valence-corrected chi connectivity index (χ4v) is 5.23. The van der Waals surface area contributed by atoms with Crippen molar-refractivity contribution in [1.29, 1.82) is 0 Å². The van der Waals surface area contributed by atoms with Crippen LogP contribution in [0.15, 0.2) is 30.3 Å². The van der Waals surface area contributed by atoms with Gasteiger partial charge in [-0.25, -0.2) is 0 Å². The summed E-state index contributed by atoms with van der Waals surface area (Å²) in [5.41, 5.74) is -1.26. The summed E-state index contributed by atoms with van der Waals surface area (Å²) in [4.78, 5) is 49.2. The van der Waals surface area contributed by atoms with Crippen molar-refractivity contribution in [2.45, 2.75) is 35.9 Å². The van der Waals surface area contributed by atoms with Crippen LogP contribution in [0.5, 0.6) is 0 Å². The number of benzene rings is 1. The molecule has 0 aromatic heterocycles. The molecule has 0 radical (unpaired) electrons. The number of β-lactam (4-membered cyclic amide) rings is 1. The Labute approximate surface area is 181 Å². The number of rotatable bonds is 4. The van der Waals surface area contributed by atoms with Crippen LogP contribution in [-0.4, -0.2) is 57.5 Å². The zero-order valence-corrected chi connectivity index (χ0v) is 17.4. The molecule has 3 heterocycles. The van der Waals surface area contributed by atoms with Gasteiger partial charge in [-0.2, -0.15) is 0 Å². The van der Waals surface area contributed by atoms with Crippen molar-refractivity contribution >= 4 is 35.5 Å². The van der Waals surface area contributed by atoms with Crippen LogP contribution in [0.4, 0.5) is 0 Å². The number of carboxylic acids is 1. The van der Waals surface area contributed by atoms with Gasteiger partial charge in [-0.1, -0.05) is 30.3 Å². The van der Waals surface area contributed by atoms with E-state index in [0.717, 1.165) is 10.5 Å². The maximum absolute atomic E-state index is 12.6. The van der Waals surface area contributed by atoms with Gasteiger partial charge < -0.3 is 20.0 Å². The SMILES string of the molecule is O=C(Cc1ccccc1)N[C@@H]1C(=O)N2[C@@H]1CS[C@@H]1CC(=O)O[C@]12C(=O)[O-].[Na+]. The number of hydrogen-bond acceptors (Lipinski definition) is 7. The van der Waals surface area contributed by atoms with Crippen LogP contribution >= 0.6 is 11.8 Å². The molecule has 10 heteroatoms. The number of thioether (sulfide) groups is 1. The molecule has 136 valence electrons. The predicted molar refractivity (Wildman–Crippen MR) is 87.4 cm³/mol.